The molecule has 9 nitrogen and oxygen atoms in total. The average molecular weight is 437 g/mol. The summed E-state index contributed by atoms with van der Waals surface area (Å²) < 4.78 is 20.8. The molecule has 0 bridgehead atoms. The second-order valence-corrected chi connectivity index (χ2v) is 8.63. The van der Waals surface area contributed by atoms with Crippen LogP contribution in [0.2, 0.25) is 0 Å². The van der Waals surface area contributed by atoms with Crippen LogP contribution in [-0.2, 0) is 36.6 Å². The predicted molar refractivity (Wildman–Crippen MR) is 112 cm³/mol. The van der Waals surface area contributed by atoms with E-state index in [9.17, 15) is 14.4 Å². The average Bonchev–Trinajstić information content (AvgIpc) is 3.11. The SMILES string of the molecule is COC(=O)C1(C(=O)OC)Cc2c(C)nc(OCCCNC(=O)OC(C)(C)C)c(C)c2C1. The summed E-state index contributed by atoms with van der Waals surface area (Å²) in [7, 11) is 2.52. The zero-order chi connectivity index (χ0) is 23.4. The van der Waals surface area contributed by atoms with Crippen molar-refractivity contribution in [2.24, 2.45) is 5.41 Å². The highest BCUT2D eigenvalue weighted by Gasteiger charge is 2.53. The number of ether oxygens (including phenoxy) is 4. The minimum absolute atomic E-state index is 0.174. The van der Waals surface area contributed by atoms with Crippen LogP contribution in [0, 0.1) is 19.3 Å². The molecular formula is C22H32N2O7. The van der Waals surface area contributed by atoms with Gasteiger partial charge in [-0.25, -0.2) is 9.78 Å². The van der Waals surface area contributed by atoms with Crippen LogP contribution in [-0.4, -0.2) is 56.0 Å². The maximum atomic E-state index is 12.5. The normalized spacial score (nSPS) is 14.4. The number of rotatable bonds is 7. The first-order chi connectivity index (χ1) is 14.4. The topological polar surface area (TPSA) is 113 Å². The molecule has 0 saturated heterocycles. The number of aromatic nitrogens is 1. The maximum absolute atomic E-state index is 12.5. The van der Waals surface area contributed by atoms with Gasteiger partial charge >= 0.3 is 18.0 Å². The lowest BCUT2D eigenvalue weighted by Gasteiger charge is -2.22. The number of methoxy groups -OCH3 is 2. The zero-order valence-corrected chi connectivity index (χ0v) is 19.3. The molecule has 1 aromatic heterocycles. The Hall–Kier alpha value is -2.84. The molecule has 0 aromatic carbocycles. The molecule has 172 valence electrons. The van der Waals surface area contributed by atoms with Crippen LogP contribution >= 0.6 is 0 Å². The highest BCUT2D eigenvalue weighted by Crippen LogP contribution is 2.43. The van der Waals surface area contributed by atoms with Gasteiger partial charge in [-0.3, -0.25) is 9.59 Å². The molecular weight excluding hydrogens is 404 g/mol. The molecule has 1 heterocycles. The first-order valence-electron chi connectivity index (χ1n) is 10.2. The van der Waals surface area contributed by atoms with Crippen LogP contribution in [0.25, 0.3) is 0 Å². The van der Waals surface area contributed by atoms with Gasteiger partial charge in [0.15, 0.2) is 5.41 Å². The molecule has 2 rings (SSSR count). The maximum Gasteiger partial charge on any atom is 0.407 e. The third kappa shape index (κ3) is 5.45. The van der Waals surface area contributed by atoms with E-state index in [4.69, 9.17) is 18.9 Å². The predicted octanol–water partition coefficient (Wildman–Crippen LogP) is 2.42. The third-order valence-corrected chi connectivity index (χ3v) is 5.18. The summed E-state index contributed by atoms with van der Waals surface area (Å²) in [5.74, 6) is -0.797. The summed E-state index contributed by atoms with van der Waals surface area (Å²) in [6.45, 7) is 9.80. The Labute approximate surface area is 182 Å². The van der Waals surface area contributed by atoms with Crippen molar-refractivity contribution in [3.8, 4) is 5.88 Å². The van der Waals surface area contributed by atoms with Crippen molar-refractivity contribution in [2.75, 3.05) is 27.4 Å². The van der Waals surface area contributed by atoms with Crippen molar-refractivity contribution in [1.82, 2.24) is 10.3 Å². The largest absolute Gasteiger partial charge is 0.477 e. The number of esters is 2. The number of nitrogens with one attached hydrogen (secondary N) is 1. The Bertz CT molecular complexity index is 842. The molecule has 0 saturated carbocycles. The van der Waals surface area contributed by atoms with Gasteiger partial charge in [-0.05, 0) is 52.2 Å². The van der Waals surface area contributed by atoms with Crippen LogP contribution in [0.1, 0.15) is 49.6 Å². The number of carbonyl (C=O) groups excluding carboxylic acids is 3. The molecule has 9 heteroatoms. The monoisotopic (exact) mass is 436 g/mol. The molecule has 1 aliphatic carbocycles. The second kappa shape index (κ2) is 9.53. The quantitative estimate of drug-likeness (QED) is 0.300. The van der Waals surface area contributed by atoms with Crippen molar-refractivity contribution in [3.05, 3.63) is 22.4 Å². The van der Waals surface area contributed by atoms with Crippen LogP contribution in [0.4, 0.5) is 4.79 Å². The Kier molecular flexibility index (Phi) is 7.51. The van der Waals surface area contributed by atoms with E-state index >= 15 is 0 Å². The number of hydrogen-bond acceptors (Lipinski definition) is 8. The summed E-state index contributed by atoms with van der Waals surface area (Å²) >= 11 is 0. The van der Waals surface area contributed by atoms with Crippen LogP contribution in [0.15, 0.2) is 0 Å². The highest BCUT2D eigenvalue weighted by molar-refractivity contribution is 6.01. The molecule has 0 unspecified atom stereocenters. The van der Waals surface area contributed by atoms with Gasteiger partial charge < -0.3 is 24.3 Å². The first-order valence-corrected chi connectivity index (χ1v) is 10.2. The van der Waals surface area contributed by atoms with Gasteiger partial charge in [0.1, 0.15) is 5.60 Å². The van der Waals surface area contributed by atoms with Crippen molar-refractivity contribution in [1.29, 1.82) is 0 Å². The molecule has 1 N–H and O–H groups in total. The molecule has 1 aromatic rings. The molecule has 1 aliphatic rings. The van der Waals surface area contributed by atoms with E-state index in [1.807, 2.05) is 13.8 Å². The fraction of sp³-hybridized carbons (Fsp3) is 0.636. The van der Waals surface area contributed by atoms with Gasteiger partial charge in [0.2, 0.25) is 5.88 Å². The number of hydrogen-bond donors (Lipinski definition) is 1. The Morgan fingerprint density at radius 1 is 1.03 bits per heavy atom. The van der Waals surface area contributed by atoms with Gasteiger partial charge in [-0.2, -0.15) is 0 Å². The lowest BCUT2D eigenvalue weighted by atomic mass is 9.84. The van der Waals surface area contributed by atoms with Crippen LogP contribution in [0.3, 0.4) is 0 Å². The second-order valence-electron chi connectivity index (χ2n) is 8.63. The summed E-state index contributed by atoms with van der Waals surface area (Å²) in [5, 5.41) is 2.68. The lowest BCUT2D eigenvalue weighted by Crippen LogP contribution is -2.42. The van der Waals surface area contributed by atoms with Gasteiger partial charge in [-0.1, -0.05) is 0 Å². The van der Waals surface area contributed by atoms with Gasteiger partial charge in [0, 0.05) is 30.6 Å². The van der Waals surface area contributed by atoms with Crippen molar-refractivity contribution < 1.29 is 33.3 Å². The zero-order valence-electron chi connectivity index (χ0n) is 19.3. The standard InChI is InChI=1S/C22H32N2O7/c1-13-15-11-22(18(25)28-6,19(26)29-7)12-16(15)14(2)24-17(13)30-10-8-9-23-20(27)31-21(3,4)5/h8-12H2,1-7H3,(H,23,27). The lowest BCUT2D eigenvalue weighted by molar-refractivity contribution is -0.168. The minimum atomic E-state index is -1.40. The third-order valence-electron chi connectivity index (χ3n) is 5.18. The fourth-order valence-corrected chi connectivity index (χ4v) is 3.67. The van der Waals surface area contributed by atoms with Crippen LogP contribution in [0.5, 0.6) is 5.88 Å². The van der Waals surface area contributed by atoms with Crippen molar-refractivity contribution in [2.45, 2.75) is 59.5 Å². The molecule has 0 atom stereocenters. The van der Waals surface area contributed by atoms with Gasteiger partial charge in [-0.15, -0.1) is 0 Å². The van der Waals surface area contributed by atoms with E-state index in [0.29, 0.717) is 31.1 Å². The number of pyridine rings is 1. The number of aryl methyl sites for hydroxylation is 1. The van der Waals surface area contributed by atoms with Crippen molar-refractivity contribution in [3.63, 3.8) is 0 Å². The smallest absolute Gasteiger partial charge is 0.407 e. The Morgan fingerprint density at radius 3 is 2.16 bits per heavy atom. The van der Waals surface area contributed by atoms with Gasteiger partial charge in [0.05, 0.1) is 20.8 Å². The van der Waals surface area contributed by atoms with E-state index in [2.05, 4.69) is 10.3 Å². The molecule has 0 aliphatic heterocycles. The minimum Gasteiger partial charge on any atom is -0.477 e. The van der Waals surface area contributed by atoms with Gasteiger partial charge in [0.25, 0.3) is 0 Å². The number of nitrogens with zero attached hydrogens (tertiary/aromatic N) is 1. The Balaban J connectivity index is 2.06. The number of carbonyl (C=O) groups is 3. The molecule has 1 amide bonds. The number of alkyl carbamates (subject to hydrolysis) is 1. The van der Waals surface area contributed by atoms with E-state index in [0.717, 1.165) is 16.7 Å². The summed E-state index contributed by atoms with van der Waals surface area (Å²) in [6, 6.07) is 0. The van der Waals surface area contributed by atoms with E-state index in [-0.39, 0.29) is 12.8 Å². The fourth-order valence-electron chi connectivity index (χ4n) is 3.67. The van der Waals surface area contributed by atoms with Crippen LogP contribution < -0.4 is 10.1 Å². The molecule has 31 heavy (non-hydrogen) atoms. The summed E-state index contributed by atoms with van der Waals surface area (Å²) in [5.41, 5.74) is 1.21. The number of fused-ring (bicyclic) bond motifs is 1. The van der Waals surface area contributed by atoms with Crippen molar-refractivity contribution >= 4 is 18.0 Å². The number of amides is 1. The van der Waals surface area contributed by atoms with E-state index < -0.39 is 29.0 Å². The Morgan fingerprint density at radius 2 is 1.61 bits per heavy atom. The van der Waals surface area contributed by atoms with E-state index in [1.165, 1.54) is 14.2 Å². The van der Waals surface area contributed by atoms with E-state index in [1.54, 1.807) is 20.8 Å². The molecule has 0 radical (unpaired) electrons. The summed E-state index contributed by atoms with van der Waals surface area (Å²) in [6.07, 6.45) is 0.441. The first kappa shape index (κ1) is 24.4. The summed E-state index contributed by atoms with van der Waals surface area (Å²) in [4.78, 5) is 41.2. The highest BCUT2D eigenvalue weighted by atomic mass is 16.6. The molecule has 0 fully saturated rings. The molecule has 0 spiro atoms.